The van der Waals surface area contributed by atoms with E-state index < -0.39 is 23.3 Å². The SMILES string of the molecule is CC1Oc2c(cccc2-c2nc(C3(c4cccc(C(F)(F)F)c4)CC3)no2)NC1=O. The Hall–Kier alpha value is -3.36. The van der Waals surface area contributed by atoms with Gasteiger partial charge in [0.25, 0.3) is 11.8 Å². The van der Waals surface area contributed by atoms with E-state index in [9.17, 15) is 18.0 Å². The molecule has 1 fully saturated rings. The van der Waals surface area contributed by atoms with E-state index >= 15 is 0 Å². The predicted molar refractivity (Wildman–Crippen MR) is 99.9 cm³/mol. The summed E-state index contributed by atoms with van der Waals surface area (Å²) in [6.45, 7) is 1.63. The van der Waals surface area contributed by atoms with Crippen molar-refractivity contribution in [2.45, 2.75) is 37.5 Å². The normalized spacial score (nSPS) is 19.6. The van der Waals surface area contributed by atoms with Crippen molar-refractivity contribution in [1.29, 1.82) is 0 Å². The van der Waals surface area contributed by atoms with Crippen molar-refractivity contribution in [3.05, 3.63) is 59.4 Å². The summed E-state index contributed by atoms with van der Waals surface area (Å²) in [5, 5.41) is 6.82. The number of anilines is 1. The molecular formula is C21H16F3N3O3. The number of nitrogens with one attached hydrogen (secondary N) is 1. The van der Waals surface area contributed by atoms with Gasteiger partial charge in [-0.3, -0.25) is 4.79 Å². The van der Waals surface area contributed by atoms with Gasteiger partial charge in [0.1, 0.15) is 0 Å². The summed E-state index contributed by atoms with van der Waals surface area (Å²) in [6, 6.07) is 10.4. The zero-order valence-corrected chi connectivity index (χ0v) is 15.8. The molecule has 6 nitrogen and oxygen atoms in total. The average molecular weight is 415 g/mol. The van der Waals surface area contributed by atoms with Crippen LogP contribution in [-0.2, 0) is 16.4 Å². The van der Waals surface area contributed by atoms with Crippen molar-refractivity contribution in [2.24, 2.45) is 0 Å². The number of carbonyl (C=O) groups is 1. The molecule has 2 heterocycles. The molecule has 1 amide bonds. The lowest BCUT2D eigenvalue weighted by Crippen LogP contribution is -2.34. The average Bonchev–Trinajstić information content (AvgIpc) is 3.38. The number of rotatable bonds is 3. The van der Waals surface area contributed by atoms with Crippen molar-refractivity contribution >= 4 is 11.6 Å². The van der Waals surface area contributed by atoms with E-state index in [4.69, 9.17) is 9.26 Å². The highest BCUT2D eigenvalue weighted by Crippen LogP contribution is 2.53. The fraction of sp³-hybridized carbons (Fsp3) is 0.286. The highest BCUT2D eigenvalue weighted by atomic mass is 19.4. The highest BCUT2D eigenvalue weighted by Gasteiger charge is 2.51. The van der Waals surface area contributed by atoms with Gasteiger partial charge in [-0.2, -0.15) is 18.2 Å². The Bertz CT molecular complexity index is 1150. The lowest BCUT2D eigenvalue weighted by molar-refractivity contribution is -0.137. The molecule has 1 aliphatic carbocycles. The maximum absolute atomic E-state index is 13.1. The number of nitrogens with zero attached hydrogens (tertiary/aromatic N) is 2. The summed E-state index contributed by atoms with van der Waals surface area (Å²) in [6.07, 6.45) is -3.84. The molecule has 2 aromatic carbocycles. The smallest absolute Gasteiger partial charge is 0.416 e. The van der Waals surface area contributed by atoms with Crippen LogP contribution in [0.1, 0.15) is 36.7 Å². The fourth-order valence-electron chi connectivity index (χ4n) is 3.68. The quantitative estimate of drug-likeness (QED) is 0.679. The van der Waals surface area contributed by atoms with Gasteiger partial charge < -0.3 is 14.6 Å². The molecule has 3 aromatic rings. The first kappa shape index (κ1) is 18.7. The van der Waals surface area contributed by atoms with E-state index in [-0.39, 0.29) is 11.8 Å². The number of halogens is 3. The third-order valence-corrected chi connectivity index (χ3v) is 5.51. The van der Waals surface area contributed by atoms with Gasteiger partial charge in [-0.05, 0) is 43.5 Å². The number of hydrogen-bond acceptors (Lipinski definition) is 5. The number of aromatic nitrogens is 2. The maximum atomic E-state index is 13.1. The molecule has 154 valence electrons. The molecule has 0 radical (unpaired) electrons. The van der Waals surface area contributed by atoms with Gasteiger partial charge in [0.2, 0.25) is 0 Å². The number of benzene rings is 2. The molecule has 0 spiro atoms. The number of para-hydroxylation sites is 1. The Morgan fingerprint density at radius 3 is 2.67 bits per heavy atom. The number of hydrogen-bond donors (Lipinski definition) is 1. The van der Waals surface area contributed by atoms with E-state index in [1.807, 2.05) is 0 Å². The molecule has 1 saturated carbocycles. The monoisotopic (exact) mass is 415 g/mol. The van der Waals surface area contributed by atoms with Crippen LogP contribution in [0.15, 0.2) is 47.0 Å². The summed E-state index contributed by atoms with van der Waals surface area (Å²) in [5.74, 6) is 0.682. The van der Waals surface area contributed by atoms with Gasteiger partial charge in [-0.1, -0.05) is 29.4 Å². The molecular weight excluding hydrogens is 399 g/mol. The maximum Gasteiger partial charge on any atom is 0.416 e. The van der Waals surface area contributed by atoms with Crippen LogP contribution >= 0.6 is 0 Å². The van der Waals surface area contributed by atoms with E-state index in [0.29, 0.717) is 41.2 Å². The van der Waals surface area contributed by atoms with Crippen LogP contribution in [0.2, 0.25) is 0 Å². The molecule has 1 unspecified atom stereocenters. The fourth-order valence-corrected chi connectivity index (χ4v) is 3.68. The second-order valence-electron chi connectivity index (χ2n) is 7.52. The van der Waals surface area contributed by atoms with Crippen LogP contribution < -0.4 is 10.1 Å². The predicted octanol–water partition coefficient (Wildman–Crippen LogP) is 4.55. The van der Waals surface area contributed by atoms with Crippen LogP contribution in [0.5, 0.6) is 5.75 Å². The van der Waals surface area contributed by atoms with Crippen molar-refractivity contribution in [3.63, 3.8) is 0 Å². The Balaban J connectivity index is 1.52. The molecule has 0 bridgehead atoms. The van der Waals surface area contributed by atoms with Crippen molar-refractivity contribution < 1.29 is 27.2 Å². The molecule has 5 rings (SSSR count). The van der Waals surface area contributed by atoms with Gasteiger partial charge in [0, 0.05) is 0 Å². The molecule has 9 heteroatoms. The van der Waals surface area contributed by atoms with Crippen LogP contribution in [-0.4, -0.2) is 22.2 Å². The summed E-state index contributed by atoms with van der Waals surface area (Å²) in [5.41, 5.74) is 0.120. The van der Waals surface area contributed by atoms with Gasteiger partial charge in [0.05, 0.1) is 22.2 Å². The lowest BCUT2D eigenvalue weighted by Gasteiger charge is -2.24. The van der Waals surface area contributed by atoms with Gasteiger partial charge in [-0.15, -0.1) is 0 Å². The van der Waals surface area contributed by atoms with E-state index in [2.05, 4.69) is 15.5 Å². The van der Waals surface area contributed by atoms with E-state index in [1.165, 1.54) is 6.07 Å². The second kappa shape index (κ2) is 6.32. The Labute approximate surface area is 169 Å². The molecule has 30 heavy (non-hydrogen) atoms. The molecule has 1 N–H and O–H groups in total. The Morgan fingerprint density at radius 1 is 1.17 bits per heavy atom. The third-order valence-electron chi connectivity index (χ3n) is 5.51. The minimum absolute atomic E-state index is 0.184. The number of carbonyl (C=O) groups excluding carboxylic acids is 1. The van der Waals surface area contributed by atoms with E-state index in [0.717, 1.165) is 12.1 Å². The molecule has 0 saturated heterocycles. The molecule has 2 aliphatic rings. The minimum atomic E-state index is -4.42. The van der Waals surface area contributed by atoms with Gasteiger partial charge >= 0.3 is 6.18 Å². The summed E-state index contributed by atoms with van der Waals surface area (Å²) < 4.78 is 50.6. The molecule has 1 aliphatic heterocycles. The molecule has 1 aromatic heterocycles. The van der Waals surface area contributed by atoms with Crippen molar-refractivity contribution in [3.8, 4) is 17.2 Å². The molecule has 1 atom stereocenters. The topological polar surface area (TPSA) is 77.2 Å². The minimum Gasteiger partial charge on any atom is -0.478 e. The number of amides is 1. The van der Waals surface area contributed by atoms with Crippen LogP contribution in [0, 0.1) is 0 Å². The number of fused-ring (bicyclic) bond motifs is 1. The largest absolute Gasteiger partial charge is 0.478 e. The van der Waals surface area contributed by atoms with Crippen LogP contribution in [0.3, 0.4) is 0 Å². The Morgan fingerprint density at radius 2 is 1.93 bits per heavy atom. The summed E-state index contributed by atoms with van der Waals surface area (Å²) in [7, 11) is 0. The van der Waals surface area contributed by atoms with E-state index in [1.54, 1.807) is 31.2 Å². The first-order chi connectivity index (χ1) is 14.3. The first-order valence-corrected chi connectivity index (χ1v) is 9.41. The first-order valence-electron chi connectivity index (χ1n) is 9.41. The third kappa shape index (κ3) is 2.92. The van der Waals surface area contributed by atoms with Crippen molar-refractivity contribution in [1.82, 2.24) is 10.1 Å². The van der Waals surface area contributed by atoms with Crippen LogP contribution in [0.25, 0.3) is 11.5 Å². The van der Waals surface area contributed by atoms with Crippen LogP contribution in [0.4, 0.5) is 18.9 Å². The highest BCUT2D eigenvalue weighted by molar-refractivity contribution is 5.99. The summed E-state index contributed by atoms with van der Waals surface area (Å²) >= 11 is 0. The number of ether oxygens (including phenoxy) is 1. The van der Waals surface area contributed by atoms with Gasteiger partial charge in [0.15, 0.2) is 17.7 Å². The standard InChI is InChI=1S/C21H16F3N3O3/c1-11-17(28)25-15-7-3-6-14(16(15)29-11)18-26-19(27-30-18)20(8-9-20)12-4-2-5-13(10-12)21(22,23)24/h2-7,10-11H,8-9H2,1H3,(H,25,28). The number of alkyl halides is 3. The lowest BCUT2D eigenvalue weighted by atomic mass is 9.93. The van der Waals surface area contributed by atoms with Gasteiger partial charge in [-0.25, -0.2) is 0 Å². The zero-order chi connectivity index (χ0) is 21.1. The van der Waals surface area contributed by atoms with Crippen molar-refractivity contribution in [2.75, 3.05) is 5.32 Å². The summed E-state index contributed by atoms with van der Waals surface area (Å²) in [4.78, 5) is 16.3. The zero-order valence-electron chi connectivity index (χ0n) is 15.8. The Kier molecular flexibility index (Phi) is 3.93. The second-order valence-corrected chi connectivity index (χ2v) is 7.52.